The minimum atomic E-state index is 0.243. The monoisotopic (exact) mass is 218 g/mol. The van der Waals surface area contributed by atoms with E-state index in [2.05, 4.69) is 27.4 Å². The van der Waals surface area contributed by atoms with Crippen molar-refractivity contribution in [1.29, 1.82) is 0 Å². The van der Waals surface area contributed by atoms with Crippen LogP contribution >= 0.6 is 0 Å². The summed E-state index contributed by atoms with van der Waals surface area (Å²) in [4.78, 5) is 3.98. The highest BCUT2D eigenvalue weighted by molar-refractivity contribution is 5.38. The SMILES string of the molecule is CC(Cn1ccnc1)Nc1ccc(N)nn1. The number of aromatic nitrogens is 4. The molecule has 0 aliphatic heterocycles. The van der Waals surface area contributed by atoms with Gasteiger partial charge in [-0.25, -0.2) is 4.98 Å². The predicted octanol–water partition coefficient (Wildman–Crippen LogP) is 0.756. The molecule has 6 nitrogen and oxygen atoms in total. The lowest BCUT2D eigenvalue weighted by Crippen LogP contribution is -2.22. The molecule has 0 aromatic carbocycles. The van der Waals surface area contributed by atoms with Crippen LogP contribution in [0.2, 0.25) is 0 Å². The minimum absolute atomic E-state index is 0.243. The molecule has 1 atom stereocenters. The van der Waals surface area contributed by atoms with Crippen molar-refractivity contribution in [3.8, 4) is 0 Å². The third kappa shape index (κ3) is 2.69. The van der Waals surface area contributed by atoms with Gasteiger partial charge < -0.3 is 15.6 Å². The van der Waals surface area contributed by atoms with Crippen LogP contribution in [0.4, 0.5) is 11.6 Å². The molecule has 0 amide bonds. The number of imidazole rings is 1. The van der Waals surface area contributed by atoms with Crippen LogP contribution in [0.15, 0.2) is 30.9 Å². The number of nitrogen functional groups attached to an aromatic ring is 1. The van der Waals surface area contributed by atoms with E-state index in [4.69, 9.17) is 5.73 Å². The lowest BCUT2D eigenvalue weighted by atomic mass is 10.3. The van der Waals surface area contributed by atoms with Crippen molar-refractivity contribution < 1.29 is 0 Å². The molecule has 2 aromatic heterocycles. The van der Waals surface area contributed by atoms with Gasteiger partial charge in [-0.2, -0.15) is 0 Å². The van der Waals surface area contributed by atoms with Gasteiger partial charge in [0.2, 0.25) is 0 Å². The van der Waals surface area contributed by atoms with Gasteiger partial charge in [-0.15, -0.1) is 10.2 Å². The Balaban J connectivity index is 1.92. The van der Waals surface area contributed by atoms with E-state index >= 15 is 0 Å². The van der Waals surface area contributed by atoms with Gasteiger partial charge in [0.1, 0.15) is 11.6 Å². The zero-order valence-electron chi connectivity index (χ0n) is 9.04. The Bertz CT molecular complexity index is 421. The molecule has 0 saturated heterocycles. The Hall–Kier alpha value is -2.11. The minimum Gasteiger partial charge on any atom is -0.382 e. The van der Waals surface area contributed by atoms with Gasteiger partial charge in [0.25, 0.3) is 0 Å². The fourth-order valence-electron chi connectivity index (χ4n) is 1.43. The van der Waals surface area contributed by atoms with Crippen LogP contribution in [0, 0.1) is 0 Å². The summed E-state index contributed by atoms with van der Waals surface area (Å²) >= 11 is 0. The molecular formula is C10H14N6. The molecule has 0 aliphatic carbocycles. The van der Waals surface area contributed by atoms with Gasteiger partial charge in [-0.1, -0.05) is 0 Å². The van der Waals surface area contributed by atoms with Crippen LogP contribution in [-0.4, -0.2) is 25.8 Å². The number of nitrogens with two attached hydrogens (primary N) is 1. The molecule has 0 saturated carbocycles. The predicted molar refractivity (Wildman–Crippen MR) is 61.8 cm³/mol. The van der Waals surface area contributed by atoms with Gasteiger partial charge in [0.05, 0.1) is 6.33 Å². The maximum Gasteiger partial charge on any atom is 0.149 e. The summed E-state index contributed by atoms with van der Waals surface area (Å²) in [6.45, 7) is 2.89. The molecule has 2 aromatic rings. The summed E-state index contributed by atoms with van der Waals surface area (Å²) < 4.78 is 2.00. The van der Waals surface area contributed by atoms with Crippen molar-refractivity contribution in [2.24, 2.45) is 0 Å². The summed E-state index contributed by atoms with van der Waals surface area (Å²) in [6, 6.07) is 3.78. The first-order valence-corrected chi connectivity index (χ1v) is 5.05. The van der Waals surface area contributed by atoms with E-state index < -0.39 is 0 Å². The van der Waals surface area contributed by atoms with E-state index in [-0.39, 0.29) is 6.04 Å². The lowest BCUT2D eigenvalue weighted by Gasteiger charge is -2.14. The number of hydrogen-bond acceptors (Lipinski definition) is 5. The first-order valence-electron chi connectivity index (χ1n) is 5.05. The second-order valence-corrected chi connectivity index (χ2v) is 3.65. The smallest absolute Gasteiger partial charge is 0.149 e. The van der Waals surface area contributed by atoms with Crippen LogP contribution in [-0.2, 0) is 6.54 Å². The second-order valence-electron chi connectivity index (χ2n) is 3.65. The average molecular weight is 218 g/mol. The number of anilines is 2. The molecule has 0 radical (unpaired) electrons. The molecule has 0 spiro atoms. The molecule has 3 N–H and O–H groups in total. The molecule has 2 heterocycles. The molecule has 2 rings (SSSR count). The topological polar surface area (TPSA) is 81.7 Å². The number of nitrogens with zero attached hydrogens (tertiary/aromatic N) is 4. The zero-order valence-corrected chi connectivity index (χ0v) is 9.04. The van der Waals surface area contributed by atoms with Gasteiger partial charge in [0.15, 0.2) is 0 Å². The first kappa shape index (κ1) is 10.4. The molecule has 84 valence electrons. The largest absolute Gasteiger partial charge is 0.382 e. The maximum absolute atomic E-state index is 5.45. The van der Waals surface area contributed by atoms with Crippen LogP contribution in [0.1, 0.15) is 6.92 Å². The molecule has 6 heteroatoms. The van der Waals surface area contributed by atoms with E-state index in [1.165, 1.54) is 0 Å². The van der Waals surface area contributed by atoms with E-state index in [0.29, 0.717) is 5.82 Å². The fourth-order valence-corrected chi connectivity index (χ4v) is 1.43. The number of hydrogen-bond donors (Lipinski definition) is 2. The van der Waals surface area contributed by atoms with Crippen LogP contribution in [0.25, 0.3) is 0 Å². The quantitative estimate of drug-likeness (QED) is 0.791. The van der Waals surface area contributed by atoms with Crippen LogP contribution < -0.4 is 11.1 Å². The zero-order chi connectivity index (χ0) is 11.4. The second kappa shape index (κ2) is 4.61. The summed E-state index contributed by atoms with van der Waals surface area (Å²) in [5, 5.41) is 10.9. The molecule has 0 bridgehead atoms. The van der Waals surface area contributed by atoms with Gasteiger partial charge in [-0.3, -0.25) is 0 Å². The Kier molecular flexibility index (Phi) is 3.00. The van der Waals surface area contributed by atoms with E-state index in [0.717, 1.165) is 12.4 Å². The Labute approximate surface area is 93.5 Å². The maximum atomic E-state index is 5.45. The first-order chi connectivity index (χ1) is 7.74. The van der Waals surface area contributed by atoms with Gasteiger partial charge in [-0.05, 0) is 19.1 Å². The summed E-state index contributed by atoms with van der Waals surface area (Å²) in [5.74, 6) is 1.15. The molecule has 0 aliphatic rings. The van der Waals surface area contributed by atoms with E-state index in [1.54, 1.807) is 18.6 Å². The Morgan fingerprint density at radius 2 is 2.31 bits per heavy atom. The standard InChI is InChI=1S/C10H14N6/c1-8(6-16-5-4-12-7-16)13-10-3-2-9(11)14-15-10/h2-5,7-8H,6H2,1H3,(H2,11,14)(H,13,15). The van der Waals surface area contributed by atoms with E-state index in [9.17, 15) is 0 Å². The van der Waals surface area contributed by atoms with Crippen molar-refractivity contribution in [3.05, 3.63) is 30.9 Å². The van der Waals surface area contributed by atoms with Crippen molar-refractivity contribution in [1.82, 2.24) is 19.7 Å². The molecule has 0 fully saturated rings. The Morgan fingerprint density at radius 1 is 1.44 bits per heavy atom. The summed E-state index contributed by atoms with van der Waals surface area (Å²) in [5.41, 5.74) is 5.45. The molecule has 1 unspecified atom stereocenters. The third-order valence-corrected chi connectivity index (χ3v) is 2.12. The highest BCUT2D eigenvalue weighted by atomic mass is 15.2. The average Bonchev–Trinajstić information content (AvgIpc) is 2.74. The molecule has 16 heavy (non-hydrogen) atoms. The van der Waals surface area contributed by atoms with Crippen LogP contribution in [0.5, 0.6) is 0 Å². The third-order valence-electron chi connectivity index (χ3n) is 2.12. The highest BCUT2D eigenvalue weighted by Gasteiger charge is 2.03. The fraction of sp³-hybridized carbons (Fsp3) is 0.300. The lowest BCUT2D eigenvalue weighted by molar-refractivity contribution is 0.616. The van der Waals surface area contributed by atoms with Crippen molar-refractivity contribution in [2.45, 2.75) is 19.5 Å². The number of nitrogens with one attached hydrogen (secondary N) is 1. The highest BCUT2D eigenvalue weighted by Crippen LogP contribution is 2.05. The normalized spacial score (nSPS) is 12.3. The van der Waals surface area contributed by atoms with Crippen molar-refractivity contribution in [3.63, 3.8) is 0 Å². The van der Waals surface area contributed by atoms with Gasteiger partial charge >= 0.3 is 0 Å². The van der Waals surface area contributed by atoms with E-state index in [1.807, 2.05) is 16.8 Å². The van der Waals surface area contributed by atoms with Gasteiger partial charge in [0, 0.05) is 25.0 Å². The van der Waals surface area contributed by atoms with Crippen molar-refractivity contribution >= 4 is 11.6 Å². The summed E-state index contributed by atoms with van der Waals surface area (Å²) in [7, 11) is 0. The Morgan fingerprint density at radius 3 is 2.94 bits per heavy atom. The summed E-state index contributed by atoms with van der Waals surface area (Å²) in [6.07, 6.45) is 5.47. The van der Waals surface area contributed by atoms with Crippen LogP contribution in [0.3, 0.4) is 0 Å². The molecular weight excluding hydrogens is 204 g/mol. The van der Waals surface area contributed by atoms with Crippen molar-refractivity contribution in [2.75, 3.05) is 11.1 Å². The number of rotatable bonds is 4.